The Kier molecular flexibility index (Phi) is 13.7. The van der Waals surface area contributed by atoms with E-state index in [1.54, 1.807) is 25.1 Å². The number of nitrogens with one attached hydrogen (secondary N) is 3. The number of nitrogens with two attached hydrogens (primary N) is 1. The Morgan fingerprint density at radius 2 is 1.33 bits per heavy atom. The summed E-state index contributed by atoms with van der Waals surface area (Å²) in [6.45, 7) is 7.02. The molecule has 0 bridgehead atoms. The van der Waals surface area contributed by atoms with Crippen molar-refractivity contribution in [3.8, 4) is 11.1 Å². The number of aryl methyl sites for hydroxylation is 1. The average Bonchev–Trinajstić information content (AvgIpc) is 3.30. The molecule has 3 aromatic carbocycles. The molecule has 0 spiro atoms. The van der Waals surface area contributed by atoms with Crippen molar-refractivity contribution in [3.05, 3.63) is 89.5 Å². The number of benzene rings is 3. The van der Waals surface area contributed by atoms with Gasteiger partial charge < -0.3 is 21.1 Å². The number of sulfonamides is 1. The van der Waals surface area contributed by atoms with E-state index in [1.807, 2.05) is 44.2 Å². The third-order valence-electron chi connectivity index (χ3n) is 6.29. The maximum atomic E-state index is 11.5. The molecule has 3 amide bonds. The number of carbonyl (C=O) groups is 3. The summed E-state index contributed by atoms with van der Waals surface area (Å²) in [4.78, 5) is 32.6. The van der Waals surface area contributed by atoms with Gasteiger partial charge in [-0.15, -0.1) is 0 Å². The highest BCUT2D eigenvalue weighted by Crippen LogP contribution is 2.44. The van der Waals surface area contributed by atoms with Gasteiger partial charge in [0.25, 0.3) is 0 Å². The zero-order valence-corrected chi connectivity index (χ0v) is 25.3. The SMILES string of the molecule is CCNC(=O)CCC(N)=O.CCNC(=O)OCC1c2ccccc2-c2ccccc21.CNS(=O)(=O)c1ccccc1C. The van der Waals surface area contributed by atoms with Gasteiger partial charge >= 0.3 is 6.09 Å². The Morgan fingerprint density at radius 3 is 1.83 bits per heavy atom. The van der Waals surface area contributed by atoms with Gasteiger partial charge in [-0.25, -0.2) is 17.9 Å². The van der Waals surface area contributed by atoms with E-state index in [0.29, 0.717) is 24.6 Å². The second kappa shape index (κ2) is 16.9. The molecular weight excluding hydrogens is 556 g/mol. The minimum atomic E-state index is -3.28. The first-order chi connectivity index (χ1) is 20.0. The molecule has 0 radical (unpaired) electrons. The van der Waals surface area contributed by atoms with E-state index in [4.69, 9.17) is 10.5 Å². The summed E-state index contributed by atoms with van der Waals surface area (Å²) in [5.74, 6) is -0.433. The van der Waals surface area contributed by atoms with Crippen LogP contribution >= 0.6 is 0 Å². The standard InChI is InChI=1S/C17H17NO2.C8H11NO2S.C6H12N2O2/c1-2-18-17(19)20-11-16-14-9-5-3-7-12(14)13-8-4-6-10-15(13)16;1-7-5-3-4-6-8(7)12(10,11)9-2;1-2-8-6(10)4-3-5(7)9/h3-10,16H,2,11H2,1H3,(H,18,19);3-6,9H,1-2H3;2-4H2,1H3,(H2,7,9)(H,8,10). The van der Waals surface area contributed by atoms with Crippen molar-refractivity contribution in [1.29, 1.82) is 0 Å². The highest BCUT2D eigenvalue weighted by atomic mass is 32.2. The molecule has 3 aromatic rings. The molecule has 226 valence electrons. The third kappa shape index (κ3) is 10.0. The van der Waals surface area contributed by atoms with Gasteiger partial charge in [0.05, 0.1) is 4.90 Å². The molecule has 0 heterocycles. The molecule has 1 aliphatic rings. The number of fused-ring (bicyclic) bond motifs is 3. The lowest BCUT2D eigenvalue weighted by atomic mass is 9.98. The van der Waals surface area contributed by atoms with Gasteiger partial charge in [-0.1, -0.05) is 66.7 Å². The van der Waals surface area contributed by atoms with Crippen LogP contribution in [0, 0.1) is 6.92 Å². The van der Waals surface area contributed by atoms with Crippen molar-refractivity contribution in [2.24, 2.45) is 5.73 Å². The van der Waals surface area contributed by atoms with Crippen LogP contribution in [0.5, 0.6) is 0 Å². The summed E-state index contributed by atoms with van der Waals surface area (Å²) in [7, 11) is -1.87. The highest BCUT2D eigenvalue weighted by molar-refractivity contribution is 7.89. The normalized spacial score (nSPS) is 11.4. The molecular formula is C31H40N4O6S. The van der Waals surface area contributed by atoms with E-state index >= 15 is 0 Å². The Morgan fingerprint density at radius 1 is 0.810 bits per heavy atom. The minimum absolute atomic E-state index is 0.124. The molecule has 11 heteroatoms. The van der Waals surface area contributed by atoms with Gasteiger partial charge in [-0.3, -0.25) is 9.59 Å². The van der Waals surface area contributed by atoms with Gasteiger partial charge in [0.1, 0.15) is 6.61 Å². The van der Waals surface area contributed by atoms with Gasteiger partial charge in [0, 0.05) is 31.8 Å². The number of ether oxygens (including phenoxy) is 1. The first kappa shape index (κ1) is 34.0. The molecule has 0 aromatic heterocycles. The van der Waals surface area contributed by atoms with Crippen LogP contribution in [0.25, 0.3) is 11.1 Å². The molecule has 4 rings (SSSR count). The number of rotatable bonds is 9. The molecule has 0 fully saturated rings. The van der Waals surface area contributed by atoms with Gasteiger partial charge in [-0.2, -0.15) is 0 Å². The van der Waals surface area contributed by atoms with Crippen LogP contribution in [0.2, 0.25) is 0 Å². The average molecular weight is 597 g/mol. The maximum absolute atomic E-state index is 11.5. The van der Waals surface area contributed by atoms with Gasteiger partial charge in [0.15, 0.2) is 0 Å². The number of hydrogen-bond donors (Lipinski definition) is 4. The summed E-state index contributed by atoms with van der Waals surface area (Å²) in [6, 6.07) is 23.5. The van der Waals surface area contributed by atoms with Crippen molar-refractivity contribution in [2.75, 3.05) is 26.7 Å². The fourth-order valence-electron chi connectivity index (χ4n) is 4.28. The summed E-state index contributed by atoms with van der Waals surface area (Å²) < 4.78 is 30.2. The van der Waals surface area contributed by atoms with Gasteiger partial charge in [-0.05, 0) is 61.7 Å². The number of amides is 3. The van der Waals surface area contributed by atoms with E-state index in [1.165, 1.54) is 29.3 Å². The van der Waals surface area contributed by atoms with Crippen LogP contribution in [-0.4, -0.2) is 53.1 Å². The fourth-order valence-corrected chi connectivity index (χ4v) is 5.25. The van der Waals surface area contributed by atoms with Crippen LogP contribution in [-0.2, 0) is 24.3 Å². The van der Waals surface area contributed by atoms with Crippen LogP contribution in [0.4, 0.5) is 4.79 Å². The first-order valence-corrected chi connectivity index (χ1v) is 15.2. The summed E-state index contributed by atoms with van der Waals surface area (Å²) in [5, 5.41) is 5.21. The van der Waals surface area contributed by atoms with Crippen molar-refractivity contribution < 1.29 is 27.5 Å². The lowest BCUT2D eigenvalue weighted by Gasteiger charge is -2.14. The Bertz CT molecular complexity index is 1410. The minimum Gasteiger partial charge on any atom is -0.449 e. The Balaban J connectivity index is 0.000000241. The maximum Gasteiger partial charge on any atom is 0.407 e. The largest absolute Gasteiger partial charge is 0.449 e. The number of alkyl carbamates (subject to hydrolysis) is 1. The molecule has 0 atom stereocenters. The van der Waals surface area contributed by atoms with Crippen molar-refractivity contribution in [2.45, 2.75) is 44.4 Å². The lowest BCUT2D eigenvalue weighted by Crippen LogP contribution is -2.25. The monoisotopic (exact) mass is 596 g/mol. The fraction of sp³-hybridized carbons (Fsp3) is 0.323. The summed E-state index contributed by atoms with van der Waals surface area (Å²) in [5.41, 5.74) is 10.5. The van der Waals surface area contributed by atoms with E-state index in [9.17, 15) is 22.8 Å². The van der Waals surface area contributed by atoms with Crippen LogP contribution < -0.4 is 21.1 Å². The summed E-state index contributed by atoms with van der Waals surface area (Å²) >= 11 is 0. The quantitative estimate of drug-likeness (QED) is 0.294. The molecule has 0 saturated carbocycles. The topological polar surface area (TPSA) is 157 Å². The molecule has 0 unspecified atom stereocenters. The lowest BCUT2D eigenvalue weighted by molar-refractivity contribution is -0.124. The van der Waals surface area contributed by atoms with Crippen LogP contribution in [0.1, 0.15) is 49.3 Å². The Hall–Kier alpha value is -4.22. The van der Waals surface area contributed by atoms with Crippen LogP contribution in [0.3, 0.4) is 0 Å². The molecule has 42 heavy (non-hydrogen) atoms. The first-order valence-electron chi connectivity index (χ1n) is 13.7. The number of carbonyl (C=O) groups excluding carboxylic acids is 3. The van der Waals surface area contributed by atoms with E-state index in [2.05, 4.69) is 39.6 Å². The Labute approximate surface area is 248 Å². The van der Waals surface area contributed by atoms with Crippen molar-refractivity contribution >= 4 is 27.9 Å². The third-order valence-corrected chi connectivity index (χ3v) is 7.86. The molecule has 10 nitrogen and oxygen atoms in total. The van der Waals surface area contributed by atoms with E-state index in [0.717, 1.165) is 5.56 Å². The van der Waals surface area contributed by atoms with Crippen molar-refractivity contribution in [1.82, 2.24) is 15.4 Å². The predicted octanol–water partition coefficient (Wildman–Crippen LogP) is 3.84. The summed E-state index contributed by atoms with van der Waals surface area (Å²) in [6.07, 6.45) is -0.0241. The predicted molar refractivity (Wildman–Crippen MR) is 163 cm³/mol. The highest BCUT2D eigenvalue weighted by Gasteiger charge is 2.28. The van der Waals surface area contributed by atoms with Crippen molar-refractivity contribution in [3.63, 3.8) is 0 Å². The zero-order chi connectivity index (χ0) is 31.1. The number of primary amides is 1. The molecule has 0 aliphatic heterocycles. The van der Waals surface area contributed by atoms with Gasteiger partial charge in [0.2, 0.25) is 21.8 Å². The van der Waals surface area contributed by atoms with E-state index in [-0.39, 0.29) is 30.8 Å². The molecule has 5 N–H and O–H groups in total. The zero-order valence-electron chi connectivity index (χ0n) is 24.5. The molecule has 0 saturated heterocycles. The van der Waals surface area contributed by atoms with E-state index < -0.39 is 15.9 Å². The van der Waals surface area contributed by atoms with Crippen LogP contribution in [0.15, 0.2) is 77.7 Å². The molecule has 1 aliphatic carbocycles. The second-order valence-corrected chi connectivity index (χ2v) is 11.1. The second-order valence-electron chi connectivity index (χ2n) is 9.25. The number of hydrogen-bond acceptors (Lipinski definition) is 6. The smallest absolute Gasteiger partial charge is 0.407 e.